The van der Waals surface area contributed by atoms with Crippen LogP contribution in [0, 0.1) is 11.6 Å². The van der Waals surface area contributed by atoms with Crippen molar-refractivity contribution in [2.24, 2.45) is 0 Å². The van der Waals surface area contributed by atoms with Gasteiger partial charge in [-0.25, -0.2) is 17.2 Å². The first-order valence-electron chi connectivity index (χ1n) is 6.24. The summed E-state index contributed by atoms with van der Waals surface area (Å²) in [6.07, 6.45) is 0. The lowest BCUT2D eigenvalue weighted by Crippen LogP contribution is -2.18. The maximum absolute atomic E-state index is 13.8. The van der Waals surface area contributed by atoms with Crippen LogP contribution in [0.2, 0.25) is 0 Å². The molecule has 5 nitrogen and oxygen atoms in total. The third-order valence-corrected chi connectivity index (χ3v) is 5.20. The van der Waals surface area contributed by atoms with Crippen LogP contribution >= 0.6 is 15.9 Å². The summed E-state index contributed by atoms with van der Waals surface area (Å²) in [5, 5.41) is 2.43. The molecule has 0 aliphatic heterocycles. The zero-order chi connectivity index (χ0) is 17.2. The number of benzene rings is 2. The van der Waals surface area contributed by atoms with Crippen molar-refractivity contribution in [2.45, 2.75) is 4.90 Å². The molecule has 0 radical (unpaired) electrons. The monoisotopic (exact) mass is 404 g/mol. The van der Waals surface area contributed by atoms with Crippen LogP contribution in [0.3, 0.4) is 0 Å². The van der Waals surface area contributed by atoms with Gasteiger partial charge in [-0.3, -0.25) is 9.52 Å². The molecule has 0 unspecified atom stereocenters. The number of halogens is 3. The van der Waals surface area contributed by atoms with Gasteiger partial charge in [0.2, 0.25) is 0 Å². The maximum atomic E-state index is 13.8. The third kappa shape index (κ3) is 3.85. The second-order valence-electron chi connectivity index (χ2n) is 4.46. The van der Waals surface area contributed by atoms with Crippen LogP contribution in [0.1, 0.15) is 10.4 Å². The van der Waals surface area contributed by atoms with Crippen molar-refractivity contribution in [1.29, 1.82) is 0 Å². The fraction of sp³-hybridized carbons (Fsp3) is 0.0714. The number of sulfonamides is 1. The van der Waals surface area contributed by atoms with E-state index in [1.54, 1.807) is 0 Å². The molecule has 2 aromatic carbocycles. The Kier molecular flexibility index (Phi) is 5.00. The summed E-state index contributed by atoms with van der Waals surface area (Å²) in [7, 11) is -2.80. The molecule has 0 aliphatic carbocycles. The highest BCUT2D eigenvalue weighted by atomic mass is 79.9. The van der Waals surface area contributed by atoms with Gasteiger partial charge in [0.25, 0.3) is 15.9 Å². The molecule has 2 N–H and O–H groups in total. The molecule has 0 bridgehead atoms. The summed E-state index contributed by atoms with van der Waals surface area (Å²) < 4.78 is 53.3. The minimum Gasteiger partial charge on any atom is -0.355 e. The van der Waals surface area contributed by atoms with Gasteiger partial charge in [0, 0.05) is 28.8 Å². The fourth-order valence-corrected chi connectivity index (χ4v) is 4.05. The molecular weight excluding hydrogens is 394 g/mol. The second-order valence-corrected chi connectivity index (χ2v) is 6.93. The van der Waals surface area contributed by atoms with Crippen molar-refractivity contribution in [3.8, 4) is 0 Å². The van der Waals surface area contributed by atoms with Crippen LogP contribution in [0.5, 0.6) is 0 Å². The lowest BCUT2D eigenvalue weighted by molar-refractivity contribution is 0.0963. The molecule has 0 saturated carbocycles. The van der Waals surface area contributed by atoms with Crippen LogP contribution < -0.4 is 10.0 Å². The van der Waals surface area contributed by atoms with Gasteiger partial charge in [-0.2, -0.15) is 0 Å². The van der Waals surface area contributed by atoms with E-state index in [1.165, 1.54) is 31.3 Å². The van der Waals surface area contributed by atoms with Gasteiger partial charge >= 0.3 is 0 Å². The Morgan fingerprint density at radius 1 is 1.13 bits per heavy atom. The largest absolute Gasteiger partial charge is 0.355 e. The Balaban J connectivity index is 2.34. The summed E-state index contributed by atoms with van der Waals surface area (Å²) in [4.78, 5) is 10.7. The topological polar surface area (TPSA) is 75.3 Å². The molecule has 1 amide bonds. The zero-order valence-corrected chi connectivity index (χ0v) is 14.1. The highest BCUT2D eigenvalue weighted by Crippen LogP contribution is 2.28. The van der Waals surface area contributed by atoms with Gasteiger partial charge in [-0.05, 0) is 46.3 Å². The molecule has 0 heterocycles. The maximum Gasteiger partial charge on any atom is 0.265 e. The normalized spacial score (nSPS) is 11.1. The van der Waals surface area contributed by atoms with Gasteiger partial charge in [0.05, 0.1) is 0 Å². The molecule has 122 valence electrons. The Labute approximate surface area is 139 Å². The Morgan fingerprint density at radius 2 is 1.74 bits per heavy atom. The van der Waals surface area contributed by atoms with E-state index < -0.39 is 26.6 Å². The van der Waals surface area contributed by atoms with E-state index in [1.807, 2.05) is 0 Å². The summed E-state index contributed by atoms with van der Waals surface area (Å²) in [5.74, 6) is -2.44. The summed E-state index contributed by atoms with van der Waals surface area (Å²) in [5.41, 5.74) is 0.470. The average molecular weight is 405 g/mol. The Bertz CT molecular complexity index is 832. The molecular formula is C14H11BrF2N2O3S. The molecule has 0 atom stereocenters. The van der Waals surface area contributed by atoms with E-state index in [2.05, 4.69) is 26.0 Å². The summed E-state index contributed by atoms with van der Waals surface area (Å²) in [6, 6.07) is 6.87. The summed E-state index contributed by atoms with van der Waals surface area (Å²) in [6.45, 7) is 0. The second kappa shape index (κ2) is 6.63. The van der Waals surface area contributed by atoms with Crippen LogP contribution in [-0.2, 0) is 10.0 Å². The first kappa shape index (κ1) is 17.4. The Hall–Kier alpha value is -2.00. The minimum atomic E-state index is -4.27. The van der Waals surface area contributed by atoms with E-state index in [0.29, 0.717) is 11.6 Å². The van der Waals surface area contributed by atoms with Crippen LogP contribution in [0.4, 0.5) is 14.5 Å². The number of rotatable bonds is 4. The molecule has 0 aromatic heterocycles. The molecule has 9 heteroatoms. The van der Waals surface area contributed by atoms with Gasteiger partial charge < -0.3 is 5.32 Å². The lowest BCUT2D eigenvalue weighted by Gasteiger charge is -2.11. The molecule has 0 spiro atoms. The predicted molar refractivity (Wildman–Crippen MR) is 84.7 cm³/mol. The molecule has 23 heavy (non-hydrogen) atoms. The molecule has 2 aromatic rings. The average Bonchev–Trinajstić information content (AvgIpc) is 2.45. The van der Waals surface area contributed by atoms with Crippen molar-refractivity contribution >= 4 is 37.5 Å². The lowest BCUT2D eigenvalue weighted by atomic mass is 10.2. The zero-order valence-electron chi connectivity index (χ0n) is 11.7. The molecule has 0 fully saturated rings. The number of hydrogen-bond acceptors (Lipinski definition) is 3. The van der Waals surface area contributed by atoms with Crippen molar-refractivity contribution in [3.05, 3.63) is 58.1 Å². The van der Waals surface area contributed by atoms with Crippen molar-refractivity contribution in [1.82, 2.24) is 5.32 Å². The number of anilines is 1. The van der Waals surface area contributed by atoms with Crippen LogP contribution in [0.25, 0.3) is 0 Å². The number of carbonyl (C=O) groups is 1. The van der Waals surface area contributed by atoms with E-state index in [4.69, 9.17) is 0 Å². The highest BCUT2D eigenvalue weighted by molar-refractivity contribution is 9.10. The van der Waals surface area contributed by atoms with Gasteiger partial charge in [0.1, 0.15) is 16.5 Å². The number of hydrogen-bond donors (Lipinski definition) is 2. The predicted octanol–water partition coefficient (Wildman–Crippen LogP) is 2.89. The Morgan fingerprint density at radius 3 is 2.26 bits per heavy atom. The number of amides is 1. The standard InChI is InChI=1S/C14H11BrF2N2O3S/c1-18-14(20)8-2-4-10(5-3-8)19-23(21,22)13-11(15)6-9(16)7-12(13)17/h2-7,19H,1H3,(H,18,20). The van der Waals surface area contributed by atoms with Crippen molar-refractivity contribution in [3.63, 3.8) is 0 Å². The first-order chi connectivity index (χ1) is 10.7. The highest BCUT2D eigenvalue weighted by Gasteiger charge is 2.23. The fourth-order valence-electron chi connectivity index (χ4n) is 1.83. The number of carbonyl (C=O) groups excluding carboxylic acids is 1. The van der Waals surface area contributed by atoms with Gasteiger partial charge in [-0.1, -0.05) is 0 Å². The first-order valence-corrected chi connectivity index (χ1v) is 8.51. The van der Waals surface area contributed by atoms with Crippen molar-refractivity contribution < 1.29 is 22.0 Å². The third-order valence-electron chi connectivity index (χ3n) is 2.86. The summed E-state index contributed by atoms with van der Waals surface area (Å²) >= 11 is 2.84. The number of nitrogens with one attached hydrogen (secondary N) is 2. The van der Waals surface area contributed by atoms with E-state index in [0.717, 1.165) is 6.07 Å². The van der Waals surface area contributed by atoms with Crippen LogP contribution in [0.15, 0.2) is 45.8 Å². The van der Waals surface area contributed by atoms with E-state index in [9.17, 15) is 22.0 Å². The van der Waals surface area contributed by atoms with E-state index in [-0.39, 0.29) is 16.1 Å². The molecule has 0 saturated heterocycles. The van der Waals surface area contributed by atoms with Gasteiger partial charge in [0.15, 0.2) is 0 Å². The minimum absolute atomic E-state index is 0.133. The van der Waals surface area contributed by atoms with Gasteiger partial charge in [-0.15, -0.1) is 0 Å². The quantitative estimate of drug-likeness (QED) is 0.822. The molecule has 0 aliphatic rings. The SMILES string of the molecule is CNC(=O)c1ccc(NS(=O)(=O)c2c(F)cc(F)cc2Br)cc1. The van der Waals surface area contributed by atoms with Crippen LogP contribution in [-0.4, -0.2) is 21.4 Å². The van der Waals surface area contributed by atoms with Crippen molar-refractivity contribution in [2.75, 3.05) is 11.8 Å². The molecule has 2 rings (SSSR count). The van der Waals surface area contributed by atoms with E-state index >= 15 is 0 Å². The smallest absolute Gasteiger partial charge is 0.265 e.